The molecule has 2 aliphatic rings. The van der Waals surface area contributed by atoms with Gasteiger partial charge in [-0.15, -0.1) is 5.10 Å². The molecule has 1 amide bonds. The Morgan fingerprint density at radius 1 is 1.22 bits per heavy atom. The van der Waals surface area contributed by atoms with E-state index in [2.05, 4.69) is 15.3 Å². The number of carbonyl (C=O) groups excluding carboxylic acids is 1. The number of hydrogen-bond donors (Lipinski definition) is 2. The molecule has 1 aromatic heterocycles. The van der Waals surface area contributed by atoms with Crippen LogP contribution >= 0.6 is 11.6 Å². The van der Waals surface area contributed by atoms with Crippen LogP contribution < -0.4 is 5.73 Å². The van der Waals surface area contributed by atoms with E-state index in [1.807, 2.05) is 0 Å². The summed E-state index contributed by atoms with van der Waals surface area (Å²) in [6, 6.07) is 10.4. The standard InChI is InChI=1S/C25H24ClF3N6O2/c1-24(12-21(37)35(23(30)31-24)16-8-9-25(28,29)20(36)11-16)18-7-3-6-17(22(18)26)19-13-34(33-32-19)15-5-2-4-14(27)10-15/h2-7,10,13,16,20,36H,8-9,11-12H2,1H3,(H2,30,31)/t16-,20-,24-/m0/s1. The van der Waals surface area contributed by atoms with E-state index in [0.29, 0.717) is 27.5 Å². The molecule has 2 aromatic carbocycles. The predicted octanol–water partition coefficient (Wildman–Crippen LogP) is 4.04. The van der Waals surface area contributed by atoms with Gasteiger partial charge < -0.3 is 10.8 Å². The summed E-state index contributed by atoms with van der Waals surface area (Å²) in [5.41, 5.74) is 7.04. The molecule has 0 saturated heterocycles. The normalized spacial score (nSPS) is 25.7. The number of aliphatic hydroxyl groups excluding tert-OH is 1. The van der Waals surface area contributed by atoms with Crippen molar-refractivity contribution in [3.05, 3.63) is 65.1 Å². The van der Waals surface area contributed by atoms with Crippen LogP contribution in [-0.2, 0) is 10.3 Å². The highest BCUT2D eigenvalue weighted by Gasteiger charge is 2.48. The topological polar surface area (TPSA) is 110 Å². The quantitative estimate of drug-likeness (QED) is 0.527. The number of rotatable bonds is 4. The summed E-state index contributed by atoms with van der Waals surface area (Å²) in [4.78, 5) is 19.0. The van der Waals surface area contributed by atoms with E-state index in [9.17, 15) is 23.1 Å². The highest BCUT2D eigenvalue weighted by molar-refractivity contribution is 6.34. The molecule has 5 rings (SSSR count). The van der Waals surface area contributed by atoms with Gasteiger partial charge in [-0.25, -0.2) is 22.8 Å². The Kier molecular flexibility index (Phi) is 6.23. The van der Waals surface area contributed by atoms with E-state index in [1.54, 1.807) is 43.5 Å². The molecular formula is C25H24ClF3N6O2. The smallest absolute Gasteiger partial charge is 0.273 e. The molecule has 0 spiro atoms. The van der Waals surface area contributed by atoms with Crippen LogP contribution in [0, 0.1) is 5.82 Å². The first kappa shape index (κ1) is 25.2. The van der Waals surface area contributed by atoms with Gasteiger partial charge in [-0.05, 0) is 37.1 Å². The second-order valence-electron chi connectivity index (χ2n) is 9.58. The minimum Gasteiger partial charge on any atom is -0.387 e. The Morgan fingerprint density at radius 3 is 2.68 bits per heavy atom. The molecule has 8 nitrogen and oxygen atoms in total. The Balaban J connectivity index is 1.45. The number of benzene rings is 2. The monoisotopic (exact) mass is 532 g/mol. The highest BCUT2D eigenvalue weighted by atomic mass is 35.5. The lowest BCUT2D eigenvalue weighted by molar-refractivity contribution is -0.151. The lowest BCUT2D eigenvalue weighted by Crippen LogP contribution is -2.57. The summed E-state index contributed by atoms with van der Waals surface area (Å²) in [6.45, 7) is 1.72. The maximum Gasteiger partial charge on any atom is 0.273 e. The van der Waals surface area contributed by atoms with Crippen molar-refractivity contribution in [2.75, 3.05) is 0 Å². The zero-order valence-electron chi connectivity index (χ0n) is 19.8. The van der Waals surface area contributed by atoms with Gasteiger partial charge in [-0.2, -0.15) is 0 Å². The van der Waals surface area contributed by atoms with E-state index in [1.165, 1.54) is 21.7 Å². The van der Waals surface area contributed by atoms with Crippen molar-refractivity contribution in [2.24, 2.45) is 10.7 Å². The average molecular weight is 533 g/mol. The first-order valence-corrected chi connectivity index (χ1v) is 12.1. The Hall–Kier alpha value is -3.44. The van der Waals surface area contributed by atoms with E-state index >= 15 is 0 Å². The SMILES string of the molecule is C[C@@]1(c2cccc(-c3cn(-c4cccc(F)c4)nn3)c2Cl)CC(=O)N([C@H]2CCC(F)(F)[C@@H](O)C2)C(N)=N1. The molecule has 1 aliphatic carbocycles. The first-order chi connectivity index (χ1) is 17.5. The summed E-state index contributed by atoms with van der Waals surface area (Å²) in [5, 5.41) is 18.4. The summed E-state index contributed by atoms with van der Waals surface area (Å²) in [5.74, 6) is -4.11. The van der Waals surface area contributed by atoms with Crippen molar-refractivity contribution in [3.8, 4) is 16.9 Å². The van der Waals surface area contributed by atoms with Crippen LogP contribution in [-0.4, -0.2) is 54.9 Å². The number of aromatic nitrogens is 3. The molecule has 0 unspecified atom stereocenters. The fourth-order valence-corrected chi connectivity index (χ4v) is 5.41. The summed E-state index contributed by atoms with van der Waals surface area (Å²) in [6.07, 6.45) is -1.18. The van der Waals surface area contributed by atoms with Crippen LogP contribution in [0.4, 0.5) is 13.2 Å². The number of aliphatic imine (C=N–C) groups is 1. The minimum atomic E-state index is -3.19. The summed E-state index contributed by atoms with van der Waals surface area (Å²) >= 11 is 6.79. The van der Waals surface area contributed by atoms with Crippen molar-refractivity contribution < 1.29 is 23.1 Å². The van der Waals surface area contributed by atoms with Gasteiger partial charge in [0, 0.05) is 24.4 Å². The Bertz CT molecular complexity index is 1400. The van der Waals surface area contributed by atoms with Gasteiger partial charge in [-0.3, -0.25) is 9.69 Å². The zero-order valence-corrected chi connectivity index (χ0v) is 20.5. The van der Waals surface area contributed by atoms with Crippen LogP contribution in [0.5, 0.6) is 0 Å². The Labute approximate surface area is 215 Å². The largest absolute Gasteiger partial charge is 0.387 e. The van der Waals surface area contributed by atoms with Crippen molar-refractivity contribution in [2.45, 2.75) is 56.2 Å². The molecule has 37 heavy (non-hydrogen) atoms. The second kappa shape index (κ2) is 9.14. The predicted molar refractivity (Wildman–Crippen MR) is 131 cm³/mol. The number of amides is 1. The van der Waals surface area contributed by atoms with E-state index in [-0.39, 0.29) is 25.2 Å². The van der Waals surface area contributed by atoms with Gasteiger partial charge in [-0.1, -0.05) is 41.1 Å². The second-order valence-corrected chi connectivity index (χ2v) is 9.96. The van der Waals surface area contributed by atoms with Crippen LogP contribution in [0.2, 0.25) is 5.02 Å². The third-order valence-electron chi connectivity index (χ3n) is 6.95. The lowest BCUT2D eigenvalue weighted by Gasteiger charge is -2.43. The number of nitrogens with zero attached hydrogens (tertiary/aromatic N) is 5. The number of halogens is 4. The van der Waals surface area contributed by atoms with Crippen molar-refractivity contribution in [3.63, 3.8) is 0 Å². The molecule has 12 heteroatoms. The molecule has 3 N–H and O–H groups in total. The zero-order chi connectivity index (χ0) is 26.5. The van der Waals surface area contributed by atoms with Gasteiger partial charge in [0.25, 0.3) is 5.92 Å². The van der Waals surface area contributed by atoms with Crippen molar-refractivity contribution in [1.29, 1.82) is 0 Å². The molecular weight excluding hydrogens is 509 g/mol. The minimum absolute atomic E-state index is 0.0000513. The molecule has 1 fully saturated rings. The molecule has 3 aromatic rings. The molecule has 0 bridgehead atoms. The Morgan fingerprint density at radius 2 is 1.97 bits per heavy atom. The number of guanidine groups is 1. The molecule has 2 heterocycles. The third kappa shape index (κ3) is 4.57. The van der Waals surface area contributed by atoms with E-state index in [0.717, 1.165) is 0 Å². The van der Waals surface area contributed by atoms with Gasteiger partial charge in [0.1, 0.15) is 17.6 Å². The molecule has 194 valence electrons. The number of carbonyl (C=O) groups is 1. The third-order valence-corrected chi connectivity index (χ3v) is 7.36. The highest BCUT2D eigenvalue weighted by Crippen LogP contribution is 2.43. The van der Waals surface area contributed by atoms with Crippen molar-refractivity contribution in [1.82, 2.24) is 19.9 Å². The van der Waals surface area contributed by atoms with E-state index in [4.69, 9.17) is 17.3 Å². The number of alkyl halides is 2. The molecule has 1 saturated carbocycles. The van der Waals surface area contributed by atoms with E-state index < -0.39 is 41.8 Å². The fourth-order valence-electron chi connectivity index (χ4n) is 4.99. The van der Waals surface area contributed by atoms with Crippen LogP contribution in [0.25, 0.3) is 16.9 Å². The number of nitrogens with two attached hydrogens (primary N) is 1. The van der Waals surface area contributed by atoms with Gasteiger partial charge in [0.15, 0.2) is 5.96 Å². The summed E-state index contributed by atoms with van der Waals surface area (Å²) in [7, 11) is 0. The molecule has 3 atom stereocenters. The van der Waals surface area contributed by atoms with Gasteiger partial charge >= 0.3 is 0 Å². The first-order valence-electron chi connectivity index (χ1n) is 11.7. The van der Waals surface area contributed by atoms with Crippen LogP contribution in [0.15, 0.2) is 53.7 Å². The number of aliphatic hydroxyl groups is 1. The maximum absolute atomic E-state index is 13.8. The number of hydrogen-bond acceptors (Lipinski definition) is 6. The average Bonchev–Trinajstić information content (AvgIpc) is 3.31. The maximum atomic E-state index is 13.8. The molecule has 0 radical (unpaired) electrons. The van der Waals surface area contributed by atoms with Gasteiger partial charge in [0.05, 0.1) is 28.9 Å². The molecule has 1 aliphatic heterocycles. The van der Waals surface area contributed by atoms with Crippen molar-refractivity contribution >= 4 is 23.5 Å². The fraction of sp³-hybridized carbons (Fsp3) is 0.360. The van der Waals surface area contributed by atoms with Crippen LogP contribution in [0.1, 0.15) is 38.2 Å². The summed E-state index contributed by atoms with van der Waals surface area (Å²) < 4.78 is 42.6. The van der Waals surface area contributed by atoms with Crippen LogP contribution in [0.3, 0.4) is 0 Å². The van der Waals surface area contributed by atoms with Gasteiger partial charge in [0.2, 0.25) is 5.91 Å². The lowest BCUT2D eigenvalue weighted by atomic mass is 9.84.